The predicted molar refractivity (Wildman–Crippen MR) is 186 cm³/mol. The van der Waals surface area contributed by atoms with E-state index in [1.807, 2.05) is 47.4 Å². The number of rotatable bonds is 16. The van der Waals surface area contributed by atoms with Gasteiger partial charge in [-0.1, -0.05) is 127 Å². The highest BCUT2D eigenvalue weighted by molar-refractivity contribution is 6.35. The first kappa shape index (κ1) is 33.1. The fourth-order valence-corrected chi connectivity index (χ4v) is 6.38. The third-order valence-electron chi connectivity index (χ3n) is 9.01. The van der Waals surface area contributed by atoms with Gasteiger partial charge >= 0.3 is 11.8 Å². The molecule has 1 aliphatic heterocycles. The molecular formula is C40H48N4O2. The number of carbonyl (C=O) groups excluding carboxylic acids is 2. The van der Waals surface area contributed by atoms with E-state index in [9.17, 15) is 9.59 Å². The number of carbonyl (C=O) groups is 2. The molecule has 1 saturated heterocycles. The molecular weight excluding hydrogens is 568 g/mol. The number of piperazine rings is 1. The van der Waals surface area contributed by atoms with Gasteiger partial charge in [0.25, 0.3) is 0 Å². The van der Waals surface area contributed by atoms with Crippen molar-refractivity contribution in [2.24, 2.45) is 0 Å². The van der Waals surface area contributed by atoms with Gasteiger partial charge in [0, 0.05) is 38.8 Å². The fourth-order valence-electron chi connectivity index (χ4n) is 6.38. The Labute approximate surface area is 275 Å². The summed E-state index contributed by atoms with van der Waals surface area (Å²) in [5.41, 5.74) is 5.95. The molecule has 46 heavy (non-hydrogen) atoms. The lowest BCUT2D eigenvalue weighted by atomic mass is 9.97. The second kappa shape index (κ2) is 16.9. The van der Waals surface area contributed by atoms with Crippen molar-refractivity contribution < 1.29 is 9.59 Å². The van der Waals surface area contributed by atoms with Crippen LogP contribution in [-0.2, 0) is 29.1 Å². The normalized spacial score (nSPS) is 15.8. The predicted octanol–water partition coefficient (Wildman–Crippen LogP) is 6.41. The van der Waals surface area contributed by atoms with E-state index in [-0.39, 0.29) is 18.0 Å². The molecule has 4 aromatic carbocycles. The Balaban J connectivity index is 1.28. The van der Waals surface area contributed by atoms with Crippen LogP contribution in [0.4, 0.5) is 0 Å². The molecule has 240 valence electrons. The van der Waals surface area contributed by atoms with E-state index in [1.165, 1.54) is 22.3 Å². The molecule has 0 radical (unpaired) electrons. The molecule has 1 N–H and O–H groups in total. The fraction of sp³-hybridized carbons (Fsp3) is 0.350. The first-order valence-electron chi connectivity index (χ1n) is 16.7. The summed E-state index contributed by atoms with van der Waals surface area (Å²) in [7, 11) is 2.16. The Morgan fingerprint density at radius 1 is 0.761 bits per heavy atom. The molecule has 0 bridgehead atoms. The van der Waals surface area contributed by atoms with Crippen LogP contribution in [-0.4, -0.2) is 65.8 Å². The largest absolute Gasteiger partial charge is 0.328 e. The maximum atomic E-state index is 13.9. The molecule has 0 aliphatic carbocycles. The monoisotopic (exact) mass is 616 g/mol. The third kappa shape index (κ3) is 9.38. The molecule has 6 nitrogen and oxygen atoms in total. The van der Waals surface area contributed by atoms with Crippen molar-refractivity contribution in [3.05, 3.63) is 143 Å². The van der Waals surface area contributed by atoms with Crippen LogP contribution in [0.15, 0.2) is 115 Å². The summed E-state index contributed by atoms with van der Waals surface area (Å²) in [5, 5.41) is 3.60. The zero-order valence-corrected chi connectivity index (χ0v) is 27.4. The molecule has 1 aliphatic rings. The molecule has 2 atom stereocenters. The summed E-state index contributed by atoms with van der Waals surface area (Å²) in [6.45, 7) is 6.33. The van der Waals surface area contributed by atoms with Crippen molar-refractivity contribution in [2.75, 3.05) is 33.2 Å². The molecule has 1 fully saturated rings. The Kier molecular flexibility index (Phi) is 12.2. The van der Waals surface area contributed by atoms with Crippen LogP contribution in [0.2, 0.25) is 0 Å². The number of amides is 2. The highest BCUT2D eigenvalue weighted by Gasteiger charge is 2.42. The van der Waals surface area contributed by atoms with Crippen molar-refractivity contribution in [3.63, 3.8) is 0 Å². The third-order valence-corrected chi connectivity index (χ3v) is 9.01. The molecule has 1 heterocycles. The Morgan fingerprint density at radius 2 is 1.39 bits per heavy atom. The van der Waals surface area contributed by atoms with Crippen molar-refractivity contribution in [3.8, 4) is 0 Å². The maximum absolute atomic E-state index is 13.9. The smallest absolute Gasteiger partial charge is 0.312 e. The van der Waals surface area contributed by atoms with Gasteiger partial charge in [-0.2, -0.15) is 0 Å². The van der Waals surface area contributed by atoms with Crippen LogP contribution < -0.4 is 5.32 Å². The minimum atomic E-state index is -0.400. The molecule has 5 rings (SSSR count). The van der Waals surface area contributed by atoms with Crippen LogP contribution in [0.5, 0.6) is 0 Å². The quantitative estimate of drug-likeness (QED) is 0.117. The topological polar surface area (TPSA) is 55.9 Å². The lowest BCUT2D eigenvalue weighted by Gasteiger charge is -2.44. The standard InChI is InChI=1S/C40H48N4O2/c1-32-21-23-33(24-22-32)25-27-43-38(36-18-10-5-11-19-36)31-44(40(46)39(43)45)37(29-41-28-34-14-6-3-7-15-34)20-12-13-26-42(2)30-35-16-8-4-9-17-35/h3-11,14-19,21-24,37-38,41H,12-13,20,25-31H2,1-2H3/t37-,38+/m0/s1. The Bertz CT molecular complexity index is 1500. The molecule has 2 amide bonds. The van der Waals surface area contributed by atoms with Gasteiger partial charge in [-0.15, -0.1) is 0 Å². The number of hydrogen-bond acceptors (Lipinski definition) is 4. The lowest BCUT2D eigenvalue weighted by molar-refractivity contribution is -0.161. The molecule has 0 unspecified atom stereocenters. The number of aryl methyl sites for hydroxylation is 1. The summed E-state index contributed by atoms with van der Waals surface area (Å²) in [5.74, 6) is -0.785. The van der Waals surface area contributed by atoms with E-state index in [4.69, 9.17) is 0 Å². The number of nitrogens with zero attached hydrogens (tertiary/aromatic N) is 3. The van der Waals surface area contributed by atoms with Crippen molar-refractivity contribution >= 4 is 11.8 Å². The van der Waals surface area contributed by atoms with Crippen LogP contribution >= 0.6 is 0 Å². The number of unbranched alkanes of at least 4 members (excludes halogenated alkanes) is 1. The molecule has 0 saturated carbocycles. The molecule has 0 aromatic heterocycles. The number of nitrogens with one attached hydrogen (secondary N) is 1. The zero-order valence-electron chi connectivity index (χ0n) is 27.4. The van der Waals surface area contributed by atoms with Crippen molar-refractivity contribution in [1.82, 2.24) is 20.0 Å². The summed E-state index contributed by atoms with van der Waals surface area (Å²) >= 11 is 0. The number of hydrogen-bond donors (Lipinski definition) is 1. The summed E-state index contributed by atoms with van der Waals surface area (Å²) in [6, 6.07) is 39.2. The average Bonchev–Trinajstić information content (AvgIpc) is 3.08. The minimum absolute atomic E-state index is 0.0787. The van der Waals surface area contributed by atoms with Gasteiger partial charge in [0.15, 0.2) is 0 Å². The number of benzene rings is 4. The highest BCUT2D eigenvalue weighted by atomic mass is 16.2. The SMILES string of the molecule is Cc1ccc(CCN2C(=O)C(=O)N([C@@H](CCCCN(C)Cc3ccccc3)CNCc3ccccc3)C[C@@H]2c2ccccc2)cc1. The minimum Gasteiger partial charge on any atom is -0.328 e. The van der Waals surface area contributed by atoms with E-state index in [0.29, 0.717) is 26.1 Å². The van der Waals surface area contributed by atoms with E-state index < -0.39 is 5.91 Å². The summed E-state index contributed by atoms with van der Waals surface area (Å²) < 4.78 is 0. The van der Waals surface area contributed by atoms with Gasteiger partial charge in [0.05, 0.1) is 6.04 Å². The molecule has 0 spiro atoms. The first-order chi connectivity index (χ1) is 22.5. The van der Waals surface area contributed by atoms with Crippen LogP contribution in [0.1, 0.15) is 53.1 Å². The summed E-state index contributed by atoms with van der Waals surface area (Å²) in [4.78, 5) is 33.8. The second-order valence-electron chi connectivity index (χ2n) is 12.6. The average molecular weight is 617 g/mol. The lowest BCUT2D eigenvalue weighted by Crippen LogP contribution is -2.60. The van der Waals surface area contributed by atoms with Crippen molar-refractivity contribution in [2.45, 2.75) is 57.8 Å². The van der Waals surface area contributed by atoms with Crippen LogP contribution in [0, 0.1) is 6.92 Å². The van der Waals surface area contributed by atoms with E-state index >= 15 is 0 Å². The van der Waals surface area contributed by atoms with E-state index in [2.05, 4.69) is 97.0 Å². The van der Waals surface area contributed by atoms with Gasteiger partial charge in [0.1, 0.15) is 0 Å². The Morgan fingerprint density at radius 3 is 2.07 bits per heavy atom. The first-order valence-corrected chi connectivity index (χ1v) is 16.7. The molecule has 4 aromatic rings. The summed E-state index contributed by atoms with van der Waals surface area (Å²) in [6.07, 6.45) is 3.55. The molecule has 6 heteroatoms. The Hall–Kier alpha value is -4.26. The zero-order chi connectivity index (χ0) is 32.1. The van der Waals surface area contributed by atoms with Gasteiger partial charge in [-0.3, -0.25) is 9.59 Å². The van der Waals surface area contributed by atoms with Crippen LogP contribution in [0.25, 0.3) is 0 Å². The van der Waals surface area contributed by atoms with E-state index in [1.54, 1.807) is 4.90 Å². The van der Waals surface area contributed by atoms with E-state index in [0.717, 1.165) is 44.5 Å². The van der Waals surface area contributed by atoms with Crippen LogP contribution in [0.3, 0.4) is 0 Å². The maximum Gasteiger partial charge on any atom is 0.312 e. The highest BCUT2D eigenvalue weighted by Crippen LogP contribution is 2.29. The second-order valence-corrected chi connectivity index (χ2v) is 12.6. The van der Waals surface area contributed by atoms with Crippen molar-refractivity contribution in [1.29, 1.82) is 0 Å². The van der Waals surface area contributed by atoms with Gasteiger partial charge in [-0.05, 0) is 62.0 Å². The van der Waals surface area contributed by atoms with Gasteiger partial charge in [-0.25, -0.2) is 0 Å². The van der Waals surface area contributed by atoms with Gasteiger partial charge in [0.2, 0.25) is 0 Å². The van der Waals surface area contributed by atoms with Gasteiger partial charge < -0.3 is 20.0 Å².